The van der Waals surface area contributed by atoms with Gasteiger partial charge in [-0.05, 0) is 28.4 Å². The number of benzene rings is 1. The lowest BCUT2D eigenvalue weighted by Gasteiger charge is -2.14. The molecule has 7 heteroatoms. The number of aliphatic hydroxyl groups is 1. The molecule has 0 saturated heterocycles. The van der Waals surface area contributed by atoms with E-state index in [9.17, 15) is 13.9 Å². The van der Waals surface area contributed by atoms with E-state index in [0.29, 0.717) is 0 Å². The second kappa shape index (κ2) is 6.34. The topological polar surface area (TPSA) is 66.5 Å². The standard InChI is InChI=1S/C9H10BrF2NO2.ClH/c10-4-3-5(11)8(12)7(9(4)15)6(13)1-2-14;/h3,6,14-15H,1-2,13H2;1H/t6-;/m0./s1. The summed E-state index contributed by atoms with van der Waals surface area (Å²) in [5.41, 5.74) is 5.17. The first kappa shape index (κ1) is 15.6. The molecule has 1 aromatic rings. The number of aliphatic hydroxyl groups excluding tert-OH is 1. The van der Waals surface area contributed by atoms with Crippen molar-refractivity contribution in [2.45, 2.75) is 12.5 Å². The minimum absolute atomic E-state index is 0. The largest absolute Gasteiger partial charge is 0.506 e. The molecule has 1 aromatic carbocycles. The van der Waals surface area contributed by atoms with Crippen LogP contribution in [0, 0.1) is 11.6 Å². The summed E-state index contributed by atoms with van der Waals surface area (Å²) in [7, 11) is 0. The summed E-state index contributed by atoms with van der Waals surface area (Å²) in [5, 5.41) is 18.1. The maximum absolute atomic E-state index is 13.3. The number of rotatable bonds is 3. The lowest BCUT2D eigenvalue weighted by Crippen LogP contribution is -2.15. The molecule has 0 aliphatic carbocycles. The van der Waals surface area contributed by atoms with E-state index in [-0.39, 0.29) is 35.5 Å². The molecule has 0 unspecified atom stereocenters. The third-order valence-corrected chi connectivity index (χ3v) is 2.60. The van der Waals surface area contributed by atoms with Crippen LogP contribution in [0.25, 0.3) is 0 Å². The molecule has 0 fully saturated rings. The van der Waals surface area contributed by atoms with Gasteiger partial charge in [0, 0.05) is 12.6 Å². The average Bonchev–Trinajstić information content (AvgIpc) is 2.16. The highest BCUT2D eigenvalue weighted by molar-refractivity contribution is 9.10. The van der Waals surface area contributed by atoms with Crippen molar-refractivity contribution in [3.05, 3.63) is 27.7 Å². The van der Waals surface area contributed by atoms with Crippen molar-refractivity contribution in [2.75, 3.05) is 6.61 Å². The number of hydrogen-bond acceptors (Lipinski definition) is 3. The molecule has 0 aliphatic rings. The highest BCUT2D eigenvalue weighted by Gasteiger charge is 2.21. The Bertz CT molecular complexity index is 353. The normalized spacial score (nSPS) is 12.1. The summed E-state index contributed by atoms with van der Waals surface area (Å²) in [4.78, 5) is 0. The Kier molecular flexibility index (Phi) is 6.17. The van der Waals surface area contributed by atoms with E-state index < -0.39 is 23.4 Å². The van der Waals surface area contributed by atoms with Gasteiger partial charge < -0.3 is 15.9 Å². The summed E-state index contributed by atoms with van der Waals surface area (Å²) in [5.74, 6) is -2.71. The van der Waals surface area contributed by atoms with Crippen LogP contribution in [0.3, 0.4) is 0 Å². The predicted octanol–water partition coefficient (Wildman–Crippen LogP) is 2.24. The van der Waals surface area contributed by atoms with Gasteiger partial charge in [0.1, 0.15) is 5.75 Å². The van der Waals surface area contributed by atoms with Crippen molar-refractivity contribution in [3.63, 3.8) is 0 Å². The van der Waals surface area contributed by atoms with Crippen LogP contribution >= 0.6 is 28.3 Å². The zero-order valence-electron chi connectivity index (χ0n) is 8.08. The maximum Gasteiger partial charge on any atom is 0.167 e. The number of halogens is 4. The van der Waals surface area contributed by atoms with Gasteiger partial charge in [0.2, 0.25) is 0 Å². The van der Waals surface area contributed by atoms with Gasteiger partial charge >= 0.3 is 0 Å². The Morgan fingerprint density at radius 1 is 1.44 bits per heavy atom. The Hall–Kier alpha value is -0.430. The quantitative estimate of drug-likeness (QED) is 0.749. The summed E-state index contributed by atoms with van der Waals surface area (Å²) in [6.07, 6.45) is 0.0420. The Balaban J connectivity index is 0.00000225. The summed E-state index contributed by atoms with van der Waals surface area (Å²) in [6.45, 7) is -0.270. The minimum Gasteiger partial charge on any atom is -0.506 e. The van der Waals surface area contributed by atoms with Crippen LogP contribution in [-0.2, 0) is 0 Å². The number of aromatic hydroxyl groups is 1. The van der Waals surface area contributed by atoms with E-state index in [1.165, 1.54) is 0 Å². The average molecular weight is 319 g/mol. The Morgan fingerprint density at radius 2 is 2.00 bits per heavy atom. The van der Waals surface area contributed by atoms with Crippen molar-refractivity contribution < 1.29 is 19.0 Å². The van der Waals surface area contributed by atoms with Gasteiger partial charge in [-0.3, -0.25) is 0 Å². The number of phenolic OH excluding ortho intramolecular Hbond substituents is 1. The maximum atomic E-state index is 13.3. The molecule has 16 heavy (non-hydrogen) atoms. The van der Waals surface area contributed by atoms with Gasteiger partial charge in [0.15, 0.2) is 11.6 Å². The molecular formula is C9H11BrClF2NO2. The van der Waals surface area contributed by atoms with Crippen LogP contribution in [0.15, 0.2) is 10.5 Å². The van der Waals surface area contributed by atoms with Gasteiger partial charge in [-0.25, -0.2) is 8.78 Å². The van der Waals surface area contributed by atoms with Gasteiger partial charge in [0.05, 0.1) is 10.0 Å². The number of phenols is 1. The monoisotopic (exact) mass is 317 g/mol. The lowest BCUT2D eigenvalue weighted by atomic mass is 10.0. The molecule has 0 radical (unpaired) electrons. The van der Waals surface area contributed by atoms with E-state index in [1.807, 2.05) is 0 Å². The summed E-state index contributed by atoms with van der Waals surface area (Å²) in [6, 6.07) is -0.123. The van der Waals surface area contributed by atoms with Crippen LogP contribution in [0.5, 0.6) is 5.75 Å². The highest BCUT2D eigenvalue weighted by Crippen LogP contribution is 2.35. The van der Waals surface area contributed by atoms with Gasteiger partial charge in [-0.2, -0.15) is 0 Å². The molecule has 1 rings (SSSR count). The second-order valence-electron chi connectivity index (χ2n) is 3.04. The first-order valence-corrected chi connectivity index (χ1v) is 5.01. The summed E-state index contributed by atoms with van der Waals surface area (Å²) < 4.78 is 26.3. The fourth-order valence-electron chi connectivity index (χ4n) is 1.23. The number of hydrogen-bond donors (Lipinski definition) is 3. The van der Waals surface area contributed by atoms with Crippen molar-refractivity contribution in [2.24, 2.45) is 5.73 Å². The van der Waals surface area contributed by atoms with Gasteiger partial charge in [-0.15, -0.1) is 12.4 Å². The fraction of sp³-hybridized carbons (Fsp3) is 0.333. The molecule has 0 aromatic heterocycles. The highest BCUT2D eigenvalue weighted by atomic mass is 79.9. The Labute approximate surface area is 106 Å². The third-order valence-electron chi connectivity index (χ3n) is 1.99. The molecule has 0 bridgehead atoms. The molecule has 4 N–H and O–H groups in total. The minimum atomic E-state index is -1.18. The van der Waals surface area contributed by atoms with Crippen LogP contribution < -0.4 is 5.73 Å². The predicted molar refractivity (Wildman–Crippen MR) is 61.6 cm³/mol. The molecule has 0 amide bonds. The van der Waals surface area contributed by atoms with Crippen LogP contribution in [-0.4, -0.2) is 16.8 Å². The Morgan fingerprint density at radius 3 is 2.50 bits per heavy atom. The molecular weight excluding hydrogens is 307 g/mol. The van der Waals surface area contributed by atoms with E-state index in [0.717, 1.165) is 6.07 Å². The van der Waals surface area contributed by atoms with Crippen molar-refractivity contribution in [1.29, 1.82) is 0 Å². The van der Waals surface area contributed by atoms with Crippen LogP contribution in [0.4, 0.5) is 8.78 Å². The number of nitrogens with two attached hydrogens (primary N) is 1. The molecule has 0 saturated carbocycles. The van der Waals surface area contributed by atoms with Crippen LogP contribution in [0.1, 0.15) is 18.0 Å². The van der Waals surface area contributed by atoms with E-state index >= 15 is 0 Å². The zero-order chi connectivity index (χ0) is 11.6. The molecule has 3 nitrogen and oxygen atoms in total. The first-order valence-electron chi connectivity index (χ1n) is 4.21. The molecule has 92 valence electrons. The van der Waals surface area contributed by atoms with Crippen molar-refractivity contribution in [3.8, 4) is 5.75 Å². The smallest absolute Gasteiger partial charge is 0.167 e. The third kappa shape index (κ3) is 3.04. The lowest BCUT2D eigenvalue weighted by molar-refractivity contribution is 0.273. The fourth-order valence-corrected chi connectivity index (χ4v) is 1.64. The molecule has 0 heterocycles. The molecule has 1 atom stereocenters. The SMILES string of the molecule is Cl.N[C@@H](CCO)c1c(O)c(Br)cc(F)c1F. The van der Waals surface area contributed by atoms with Gasteiger partial charge in [-0.1, -0.05) is 0 Å². The van der Waals surface area contributed by atoms with E-state index in [4.69, 9.17) is 10.8 Å². The van der Waals surface area contributed by atoms with Crippen molar-refractivity contribution in [1.82, 2.24) is 0 Å². The zero-order valence-corrected chi connectivity index (χ0v) is 10.5. The van der Waals surface area contributed by atoms with E-state index in [2.05, 4.69) is 15.9 Å². The molecule has 0 spiro atoms. The molecule has 0 aliphatic heterocycles. The first-order chi connectivity index (χ1) is 6.99. The van der Waals surface area contributed by atoms with Crippen molar-refractivity contribution >= 4 is 28.3 Å². The van der Waals surface area contributed by atoms with E-state index in [1.54, 1.807) is 0 Å². The summed E-state index contributed by atoms with van der Waals surface area (Å²) >= 11 is 2.88. The van der Waals surface area contributed by atoms with Gasteiger partial charge in [0.25, 0.3) is 0 Å². The second-order valence-corrected chi connectivity index (χ2v) is 3.89. The van der Waals surface area contributed by atoms with Crippen LogP contribution in [0.2, 0.25) is 0 Å².